The number of ketones is 2. The molecular formula is C21H32N2O3. The number of hydrogen-bond acceptors (Lipinski definition) is 5. The number of piperazine rings is 1. The van der Waals surface area contributed by atoms with Crippen LogP contribution in [0.1, 0.15) is 43.1 Å². The van der Waals surface area contributed by atoms with Gasteiger partial charge >= 0.3 is 0 Å². The van der Waals surface area contributed by atoms with Crippen molar-refractivity contribution in [3.8, 4) is 0 Å². The van der Waals surface area contributed by atoms with Gasteiger partial charge in [0.2, 0.25) is 0 Å². The van der Waals surface area contributed by atoms with Gasteiger partial charge in [-0.15, -0.1) is 0 Å². The molecule has 1 N–H and O–H groups in total. The summed E-state index contributed by atoms with van der Waals surface area (Å²) in [6.45, 7) is 9.51. The number of aliphatic hydroxyl groups excluding tert-OH is 1. The Balaban J connectivity index is 1.80. The molecule has 1 heterocycles. The van der Waals surface area contributed by atoms with Gasteiger partial charge in [-0.1, -0.05) is 38.1 Å². The lowest BCUT2D eigenvalue weighted by Crippen LogP contribution is -2.55. The van der Waals surface area contributed by atoms with Gasteiger partial charge in [-0.3, -0.25) is 19.4 Å². The van der Waals surface area contributed by atoms with Crippen molar-refractivity contribution in [2.75, 3.05) is 39.3 Å². The molecule has 5 heteroatoms. The van der Waals surface area contributed by atoms with Crippen molar-refractivity contribution < 1.29 is 14.7 Å². The Hall–Kier alpha value is -1.56. The van der Waals surface area contributed by atoms with Gasteiger partial charge < -0.3 is 5.11 Å². The molecule has 2 rings (SSSR count). The Bertz CT molecular complexity index is 598. The summed E-state index contributed by atoms with van der Waals surface area (Å²) in [4.78, 5) is 27.7. The first-order valence-corrected chi connectivity index (χ1v) is 9.60. The van der Waals surface area contributed by atoms with Crippen molar-refractivity contribution in [1.82, 2.24) is 9.80 Å². The van der Waals surface area contributed by atoms with E-state index in [9.17, 15) is 14.7 Å². The Morgan fingerprint density at radius 3 is 2.46 bits per heavy atom. The van der Waals surface area contributed by atoms with Crippen LogP contribution >= 0.6 is 0 Å². The highest BCUT2D eigenvalue weighted by Gasteiger charge is 2.26. The Morgan fingerprint density at radius 1 is 1.19 bits per heavy atom. The number of Topliss-reactive ketones (excluding diaryl/α,β-unsaturated/α-hetero) is 2. The van der Waals surface area contributed by atoms with E-state index < -0.39 is 0 Å². The van der Waals surface area contributed by atoms with Gasteiger partial charge in [-0.05, 0) is 31.9 Å². The van der Waals surface area contributed by atoms with Crippen molar-refractivity contribution in [2.45, 2.75) is 39.7 Å². The van der Waals surface area contributed by atoms with E-state index in [-0.39, 0.29) is 30.1 Å². The molecule has 0 aromatic heterocycles. The lowest BCUT2D eigenvalue weighted by molar-refractivity contribution is -0.119. The molecule has 1 aromatic carbocycles. The van der Waals surface area contributed by atoms with Crippen molar-refractivity contribution in [2.24, 2.45) is 5.92 Å². The average molecular weight is 360 g/mol. The summed E-state index contributed by atoms with van der Waals surface area (Å²) in [6, 6.07) is 8.05. The summed E-state index contributed by atoms with van der Waals surface area (Å²) in [5.74, 6) is 0.387. The first-order valence-electron chi connectivity index (χ1n) is 9.60. The zero-order valence-electron chi connectivity index (χ0n) is 16.3. The zero-order valence-corrected chi connectivity index (χ0v) is 16.3. The lowest BCUT2D eigenvalue weighted by Gasteiger charge is -2.40. The molecule has 1 aliphatic heterocycles. The molecular weight excluding hydrogens is 328 g/mol. The highest BCUT2D eigenvalue weighted by molar-refractivity contribution is 5.97. The maximum absolute atomic E-state index is 12.0. The Labute approximate surface area is 157 Å². The van der Waals surface area contributed by atoms with E-state index in [0.29, 0.717) is 6.54 Å². The molecule has 1 fully saturated rings. The van der Waals surface area contributed by atoms with E-state index in [1.54, 1.807) is 6.92 Å². The monoisotopic (exact) mass is 360 g/mol. The first-order chi connectivity index (χ1) is 12.4. The maximum atomic E-state index is 12.0. The van der Waals surface area contributed by atoms with Crippen molar-refractivity contribution >= 4 is 11.6 Å². The molecule has 0 amide bonds. The van der Waals surface area contributed by atoms with Gasteiger partial charge in [-0.25, -0.2) is 0 Å². The lowest BCUT2D eigenvalue weighted by atomic mass is 9.99. The molecule has 1 aromatic rings. The third kappa shape index (κ3) is 6.01. The summed E-state index contributed by atoms with van der Waals surface area (Å²) in [6.07, 6.45) is 1.97. The third-order valence-corrected chi connectivity index (χ3v) is 5.02. The van der Waals surface area contributed by atoms with Crippen LogP contribution in [0.2, 0.25) is 0 Å². The van der Waals surface area contributed by atoms with Crippen LogP contribution in [0, 0.1) is 5.92 Å². The minimum Gasteiger partial charge on any atom is -0.395 e. The number of aliphatic hydroxyl groups is 1. The van der Waals surface area contributed by atoms with E-state index in [1.165, 1.54) is 5.56 Å². The van der Waals surface area contributed by atoms with Crippen LogP contribution in [-0.4, -0.2) is 71.8 Å². The minimum absolute atomic E-state index is 0.0259. The molecule has 0 spiro atoms. The molecule has 5 nitrogen and oxygen atoms in total. The highest BCUT2D eigenvalue weighted by atomic mass is 16.3. The molecule has 0 aliphatic carbocycles. The minimum atomic E-state index is 0.0259. The van der Waals surface area contributed by atoms with E-state index in [4.69, 9.17) is 0 Å². The standard InChI is InChI=1S/C21H32N2O3/c1-16(2)21(26)19-8-6-18(7-9-19)5-4-10-23-12-11-22(13-17(3)25)14-20(23)15-24/h6-9,16,20,24H,4-5,10-15H2,1-3H3/t20-/m1/s1. The van der Waals surface area contributed by atoms with E-state index >= 15 is 0 Å². The molecule has 1 aliphatic rings. The number of carbonyl (C=O) groups is 2. The SMILES string of the molecule is CC(=O)CN1CCN(CCCc2ccc(C(=O)C(C)C)cc2)[C@@H](CO)C1. The quantitative estimate of drug-likeness (QED) is 0.683. The van der Waals surface area contributed by atoms with E-state index in [1.807, 2.05) is 38.1 Å². The summed E-state index contributed by atoms with van der Waals surface area (Å²) in [7, 11) is 0. The summed E-state index contributed by atoms with van der Waals surface area (Å²) >= 11 is 0. The van der Waals surface area contributed by atoms with Crippen LogP contribution in [0.4, 0.5) is 0 Å². The average Bonchev–Trinajstić information content (AvgIpc) is 2.62. The summed E-state index contributed by atoms with van der Waals surface area (Å²) in [5, 5.41) is 9.67. The number of benzene rings is 1. The largest absolute Gasteiger partial charge is 0.395 e. The van der Waals surface area contributed by atoms with Crippen molar-refractivity contribution in [3.63, 3.8) is 0 Å². The highest BCUT2D eigenvalue weighted by Crippen LogP contribution is 2.14. The van der Waals surface area contributed by atoms with Gasteiger partial charge in [0, 0.05) is 37.2 Å². The van der Waals surface area contributed by atoms with Crippen LogP contribution in [-0.2, 0) is 11.2 Å². The second kappa shape index (κ2) is 9.95. The van der Waals surface area contributed by atoms with Gasteiger partial charge in [0.1, 0.15) is 5.78 Å². The summed E-state index contributed by atoms with van der Waals surface area (Å²) in [5.41, 5.74) is 2.02. The topological polar surface area (TPSA) is 60.9 Å². The Kier molecular flexibility index (Phi) is 7.94. The number of aryl methyl sites for hydroxylation is 1. The fourth-order valence-electron chi connectivity index (χ4n) is 3.54. The number of hydrogen-bond donors (Lipinski definition) is 1. The molecule has 26 heavy (non-hydrogen) atoms. The molecule has 0 unspecified atom stereocenters. The third-order valence-electron chi connectivity index (χ3n) is 5.02. The van der Waals surface area contributed by atoms with E-state index in [2.05, 4.69) is 9.80 Å². The number of rotatable bonds is 9. The molecule has 1 atom stereocenters. The molecule has 0 saturated carbocycles. The van der Waals surface area contributed by atoms with Crippen LogP contribution in [0.5, 0.6) is 0 Å². The van der Waals surface area contributed by atoms with Crippen LogP contribution in [0.15, 0.2) is 24.3 Å². The molecule has 0 bridgehead atoms. The van der Waals surface area contributed by atoms with Crippen LogP contribution in [0.25, 0.3) is 0 Å². The molecule has 144 valence electrons. The zero-order chi connectivity index (χ0) is 19.1. The fourth-order valence-corrected chi connectivity index (χ4v) is 3.54. The van der Waals surface area contributed by atoms with Crippen molar-refractivity contribution in [1.29, 1.82) is 0 Å². The molecule has 0 radical (unpaired) electrons. The van der Waals surface area contributed by atoms with Gasteiger partial charge in [0.05, 0.1) is 13.2 Å². The predicted octanol–water partition coefficient (Wildman–Crippen LogP) is 2.03. The van der Waals surface area contributed by atoms with E-state index in [0.717, 1.165) is 44.6 Å². The van der Waals surface area contributed by atoms with Gasteiger partial charge in [-0.2, -0.15) is 0 Å². The number of nitrogens with zero attached hydrogens (tertiary/aromatic N) is 2. The van der Waals surface area contributed by atoms with Crippen LogP contribution in [0.3, 0.4) is 0 Å². The van der Waals surface area contributed by atoms with Gasteiger partial charge in [0.25, 0.3) is 0 Å². The Morgan fingerprint density at radius 2 is 1.88 bits per heavy atom. The fraction of sp³-hybridized carbons (Fsp3) is 0.619. The van der Waals surface area contributed by atoms with Crippen molar-refractivity contribution in [3.05, 3.63) is 35.4 Å². The summed E-state index contributed by atoms with van der Waals surface area (Å²) < 4.78 is 0. The first kappa shape index (κ1) is 20.7. The normalized spacial score (nSPS) is 19.0. The predicted molar refractivity (Wildman–Crippen MR) is 103 cm³/mol. The second-order valence-corrected chi connectivity index (χ2v) is 7.63. The smallest absolute Gasteiger partial charge is 0.165 e. The second-order valence-electron chi connectivity index (χ2n) is 7.63. The molecule has 1 saturated heterocycles. The van der Waals surface area contributed by atoms with Crippen LogP contribution < -0.4 is 0 Å². The van der Waals surface area contributed by atoms with Gasteiger partial charge in [0.15, 0.2) is 5.78 Å². The number of carbonyl (C=O) groups excluding carboxylic acids is 2. The maximum Gasteiger partial charge on any atom is 0.165 e.